The molecule has 0 radical (unpaired) electrons. The molecule has 19 heavy (non-hydrogen) atoms. The Balaban J connectivity index is 1.86. The van der Waals surface area contributed by atoms with E-state index in [9.17, 15) is 4.79 Å². The number of Topliss-reactive ketones (excluding diaryl/α,β-unsaturated/α-hetero) is 1. The molecule has 1 fully saturated rings. The molecule has 96 valence electrons. The number of pyridine rings is 1. The lowest BCUT2D eigenvalue weighted by Crippen LogP contribution is -2.14. The third-order valence-electron chi connectivity index (χ3n) is 3.54. The summed E-state index contributed by atoms with van der Waals surface area (Å²) in [5.74, 6) is 1.53. The van der Waals surface area contributed by atoms with Crippen LogP contribution in [0.3, 0.4) is 0 Å². The lowest BCUT2D eigenvalue weighted by Gasteiger charge is -2.19. The van der Waals surface area contributed by atoms with Gasteiger partial charge in [-0.25, -0.2) is 9.97 Å². The van der Waals surface area contributed by atoms with E-state index in [-0.39, 0.29) is 0 Å². The average Bonchev–Trinajstić information content (AvgIpc) is 2.49. The molecule has 0 saturated heterocycles. The predicted octanol–water partition coefficient (Wildman–Crippen LogP) is 2.77. The van der Waals surface area contributed by atoms with E-state index in [1.165, 1.54) is 0 Å². The lowest BCUT2D eigenvalue weighted by atomic mass is 9.88. The van der Waals surface area contributed by atoms with Crippen molar-refractivity contribution in [2.45, 2.75) is 31.6 Å². The Bertz CT molecular complexity index is 573. The molecule has 2 heterocycles. The summed E-state index contributed by atoms with van der Waals surface area (Å²) < 4.78 is 0. The Morgan fingerprint density at radius 2 is 1.95 bits per heavy atom. The fraction of sp³-hybridized carbons (Fsp3) is 0.333. The highest BCUT2D eigenvalue weighted by molar-refractivity contribution is 5.79. The summed E-state index contributed by atoms with van der Waals surface area (Å²) in [5.41, 5.74) is 1.90. The number of aromatic nitrogens is 3. The van der Waals surface area contributed by atoms with Crippen LogP contribution < -0.4 is 0 Å². The Hall–Kier alpha value is -2.10. The van der Waals surface area contributed by atoms with E-state index in [1.807, 2.05) is 18.2 Å². The molecular formula is C15H15N3O. The topological polar surface area (TPSA) is 55.7 Å². The van der Waals surface area contributed by atoms with E-state index in [4.69, 9.17) is 0 Å². The molecule has 0 N–H and O–H groups in total. The Morgan fingerprint density at radius 3 is 2.68 bits per heavy atom. The molecule has 2 aromatic rings. The third kappa shape index (κ3) is 2.67. The fourth-order valence-electron chi connectivity index (χ4n) is 2.44. The Labute approximate surface area is 111 Å². The number of carbonyl (C=O) groups excluding carboxylic acids is 1. The zero-order valence-corrected chi connectivity index (χ0v) is 10.6. The van der Waals surface area contributed by atoms with Crippen LogP contribution in [-0.2, 0) is 4.79 Å². The molecule has 4 heteroatoms. The van der Waals surface area contributed by atoms with E-state index >= 15 is 0 Å². The largest absolute Gasteiger partial charge is 0.300 e. The van der Waals surface area contributed by atoms with Gasteiger partial charge >= 0.3 is 0 Å². The first-order valence-electron chi connectivity index (χ1n) is 6.58. The van der Waals surface area contributed by atoms with Crippen LogP contribution in [0.2, 0.25) is 0 Å². The Morgan fingerprint density at radius 1 is 1.11 bits per heavy atom. The quantitative estimate of drug-likeness (QED) is 0.825. The highest BCUT2D eigenvalue weighted by Gasteiger charge is 2.22. The van der Waals surface area contributed by atoms with E-state index in [2.05, 4.69) is 15.0 Å². The zero-order valence-electron chi connectivity index (χ0n) is 10.6. The first kappa shape index (κ1) is 12.0. The van der Waals surface area contributed by atoms with Crippen molar-refractivity contribution >= 4 is 5.78 Å². The van der Waals surface area contributed by atoms with Gasteiger partial charge in [-0.3, -0.25) is 9.78 Å². The molecular weight excluding hydrogens is 238 g/mol. The third-order valence-corrected chi connectivity index (χ3v) is 3.54. The van der Waals surface area contributed by atoms with Gasteiger partial charge in [0.05, 0.1) is 5.69 Å². The molecule has 0 aliphatic heterocycles. The van der Waals surface area contributed by atoms with Gasteiger partial charge in [-0.05, 0) is 31.0 Å². The molecule has 0 amide bonds. The van der Waals surface area contributed by atoms with E-state index < -0.39 is 0 Å². The maximum Gasteiger partial charge on any atom is 0.132 e. The molecule has 3 rings (SSSR count). The monoisotopic (exact) mass is 253 g/mol. The van der Waals surface area contributed by atoms with Crippen LogP contribution in [0.5, 0.6) is 0 Å². The number of hydrogen-bond donors (Lipinski definition) is 0. The normalized spacial score (nSPS) is 16.5. The summed E-state index contributed by atoms with van der Waals surface area (Å²) >= 11 is 0. The minimum absolute atomic E-state index is 0.314. The molecule has 1 aliphatic rings. The van der Waals surface area contributed by atoms with Gasteiger partial charge in [0.1, 0.15) is 11.6 Å². The van der Waals surface area contributed by atoms with Crippen LogP contribution in [0.15, 0.2) is 36.8 Å². The number of ketones is 1. The minimum atomic E-state index is 0.314. The second kappa shape index (κ2) is 5.26. The molecule has 1 saturated carbocycles. The molecule has 4 nitrogen and oxygen atoms in total. The minimum Gasteiger partial charge on any atom is -0.300 e. The van der Waals surface area contributed by atoms with Crippen LogP contribution in [0.1, 0.15) is 37.4 Å². The average molecular weight is 253 g/mol. The summed E-state index contributed by atoms with van der Waals surface area (Å²) in [4.78, 5) is 24.4. The molecule has 0 unspecified atom stereocenters. The number of nitrogens with zero attached hydrogens (tertiary/aromatic N) is 3. The molecule has 0 aromatic carbocycles. The van der Waals surface area contributed by atoms with Gasteiger partial charge in [0.25, 0.3) is 0 Å². The summed E-state index contributed by atoms with van der Waals surface area (Å²) in [6, 6.07) is 5.79. The van der Waals surface area contributed by atoms with Gasteiger partial charge in [0.2, 0.25) is 0 Å². The Kier molecular flexibility index (Phi) is 3.31. The van der Waals surface area contributed by atoms with E-state index in [0.29, 0.717) is 24.5 Å². The summed E-state index contributed by atoms with van der Waals surface area (Å²) in [6.45, 7) is 0. The SMILES string of the molecule is O=C1CCC(c2nccc(-c3cccnc3)n2)CC1. The second-order valence-corrected chi connectivity index (χ2v) is 4.85. The summed E-state index contributed by atoms with van der Waals surface area (Å²) in [6.07, 6.45) is 8.40. The number of rotatable bonds is 2. The van der Waals surface area contributed by atoms with Crippen LogP contribution in [0.4, 0.5) is 0 Å². The van der Waals surface area contributed by atoms with Crippen molar-refractivity contribution < 1.29 is 4.79 Å². The zero-order chi connectivity index (χ0) is 13.1. The van der Waals surface area contributed by atoms with Crippen molar-refractivity contribution in [1.29, 1.82) is 0 Å². The van der Waals surface area contributed by atoms with Gasteiger partial charge in [-0.15, -0.1) is 0 Å². The predicted molar refractivity (Wildman–Crippen MR) is 71.5 cm³/mol. The summed E-state index contributed by atoms with van der Waals surface area (Å²) in [7, 11) is 0. The molecule has 2 aromatic heterocycles. The first-order valence-corrected chi connectivity index (χ1v) is 6.58. The van der Waals surface area contributed by atoms with Crippen molar-refractivity contribution in [1.82, 2.24) is 15.0 Å². The van der Waals surface area contributed by atoms with Crippen LogP contribution in [0, 0.1) is 0 Å². The molecule has 0 atom stereocenters. The van der Waals surface area contributed by atoms with Gasteiger partial charge in [-0.2, -0.15) is 0 Å². The first-order chi connectivity index (χ1) is 9.33. The van der Waals surface area contributed by atoms with Crippen LogP contribution in [0.25, 0.3) is 11.3 Å². The van der Waals surface area contributed by atoms with Gasteiger partial charge in [0.15, 0.2) is 0 Å². The molecule has 1 aliphatic carbocycles. The fourth-order valence-corrected chi connectivity index (χ4v) is 2.44. The summed E-state index contributed by atoms with van der Waals surface area (Å²) in [5, 5.41) is 0. The van der Waals surface area contributed by atoms with Gasteiger partial charge < -0.3 is 0 Å². The highest BCUT2D eigenvalue weighted by atomic mass is 16.1. The van der Waals surface area contributed by atoms with Gasteiger partial charge in [0, 0.05) is 42.9 Å². The maximum absolute atomic E-state index is 11.3. The van der Waals surface area contributed by atoms with Gasteiger partial charge in [-0.1, -0.05) is 0 Å². The number of hydrogen-bond acceptors (Lipinski definition) is 4. The van der Waals surface area contributed by atoms with Crippen molar-refractivity contribution in [3.05, 3.63) is 42.6 Å². The smallest absolute Gasteiger partial charge is 0.132 e. The van der Waals surface area contributed by atoms with Crippen molar-refractivity contribution in [3.8, 4) is 11.3 Å². The molecule has 0 bridgehead atoms. The van der Waals surface area contributed by atoms with Crippen molar-refractivity contribution in [3.63, 3.8) is 0 Å². The second-order valence-electron chi connectivity index (χ2n) is 4.85. The lowest BCUT2D eigenvalue weighted by molar-refractivity contribution is -0.120. The van der Waals surface area contributed by atoms with E-state index in [0.717, 1.165) is 29.9 Å². The van der Waals surface area contributed by atoms with Crippen molar-refractivity contribution in [2.24, 2.45) is 0 Å². The number of carbonyl (C=O) groups is 1. The van der Waals surface area contributed by atoms with Crippen molar-refractivity contribution in [2.75, 3.05) is 0 Å². The van der Waals surface area contributed by atoms with E-state index in [1.54, 1.807) is 18.6 Å². The standard InChI is InChI=1S/C15H15N3O/c19-13-5-3-11(4-6-13)15-17-9-7-14(18-15)12-2-1-8-16-10-12/h1-2,7-11H,3-6H2. The molecule has 0 spiro atoms. The van der Waals surface area contributed by atoms with Crippen LogP contribution in [-0.4, -0.2) is 20.7 Å². The van der Waals surface area contributed by atoms with Crippen LogP contribution >= 0.6 is 0 Å². The highest BCUT2D eigenvalue weighted by Crippen LogP contribution is 2.29. The maximum atomic E-state index is 11.3.